The zero-order valence-electron chi connectivity index (χ0n) is 13.1. The van der Waals surface area contributed by atoms with Crippen molar-refractivity contribution in [1.29, 1.82) is 0 Å². The predicted molar refractivity (Wildman–Crippen MR) is 91.1 cm³/mol. The van der Waals surface area contributed by atoms with Gasteiger partial charge in [0.05, 0.1) is 7.11 Å². The maximum Gasteiger partial charge on any atom is 0.122 e. The van der Waals surface area contributed by atoms with Gasteiger partial charge in [0, 0.05) is 22.3 Å². The lowest BCUT2D eigenvalue weighted by molar-refractivity contribution is 0.411. The van der Waals surface area contributed by atoms with Crippen molar-refractivity contribution in [3.05, 3.63) is 58.7 Å². The molecule has 0 bridgehead atoms. The first kappa shape index (κ1) is 15.9. The van der Waals surface area contributed by atoms with E-state index in [0.29, 0.717) is 0 Å². The second kappa shape index (κ2) is 7.01. The Balaban J connectivity index is 2.22. The van der Waals surface area contributed by atoms with Gasteiger partial charge in [-0.25, -0.2) is 0 Å². The van der Waals surface area contributed by atoms with Gasteiger partial charge in [0.1, 0.15) is 5.75 Å². The summed E-state index contributed by atoms with van der Waals surface area (Å²) in [5.74, 6) is 1.81. The lowest BCUT2D eigenvalue weighted by Gasteiger charge is -2.13. The Bertz CT molecular complexity index is 623. The van der Waals surface area contributed by atoms with Gasteiger partial charge in [0.2, 0.25) is 0 Å². The van der Waals surface area contributed by atoms with Crippen LogP contribution in [0.1, 0.15) is 35.2 Å². The second-order valence-corrected chi connectivity index (χ2v) is 6.43. The van der Waals surface area contributed by atoms with Gasteiger partial charge >= 0.3 is 0 Å². The minimum atomic E-state index is 0.0420. The minimum Gasteiger partial charge on any atom is -0.496 e. The Morgan fingerprint density at radius 1 is 1.14 bits per heavy atom. The molecule has 112 valence electrons. The Labute approximate surface area is 131 Å². The van der Waals surface area contributed by atoms with Crippen LogP contribution in [0, 0.1) is 13.8 Å². The molecular formula is C18H23NOS. The van der Waals surface area contributed by atoms with E-state index >= 15 is 0 Å². The van der Waals surface area contributed by atoms with Gasteiger partial charge in [-0.05, 0) is 50.1 Å². The first-order valence-electron chi connectivity index (χ1n) is 7.13. The Kier molecular flexibility index (Phi) is 5.32. The van der Waals surface area contributed by atoms with Crippen LogP contribution in [-0.4, -0.2) is 7.11 Å². The van der Waals surface area contributed by atoms with E-state index in [1.807, 2.05) is 30.8 Å². The Morgan fingerprint density at radius 3 is 2.57 bits per heavy atom. The molecule has 0 saturated carbocycles. The summed E-state index contributed by atoms with van der Waals surface area (Å²) in [5.41, 5.74) is 10.9. The number of hydrogen-bond acceptors (Lipinski definition) is 3. The molecule has 0 radical (unpaired) electrons. The molecule has 1 atom stereocenters. The molecule has 2 aromatic rings. The first-order valence-corrected chi connectivity index (χ1v) is 8.12. The molecule has 0 amide bonds. The minimum absolute atomic E-state index is 0.0420. The molecular weight excluding hydrogens is 278 g/mol. The molecule has 2 aromatic carbocycles. The summed E-state index contributed by atoms with van der Waals surface area (Å²) in [6.45, 7) is 6.28. The molecule has 0 aliphatic heterocycles. The number of nitrogens with two attached hydrogens (primary N) is 1. The molecule has 0 saturated heterocycles. The fraction of sp³-hybridized carbons (Fsp3) is 0.333. The van der Waals surface area contributed by atoms with Crippen molar-refractivity contribution >= 4 is 11.8 Å². The highest BCUT2D eigenvalue weighted by molar-refractivity contribution is 7.98. The van der Waals surface area contributed by atoms with E-state index in [4.69, 9.17) is 10.5 Å². The number of rotatable bonds is 5. The fourth-order valence-electron chi connectivity index (χ4n) is 2.21. The van der Waals surface area contributed by atoms with Crippen LogP contribution in [0.5, 0.6) is 5.75 Å². The molecule has 2 nitrogen and oxygen atoms in total. The molecule has 0 fully saturated rings. The van der Waals surface area contributed by atoms with Crippen LogP contribution in [-0.2, 0) is 5.75 Å². The van der Waals surface area contributed by atoms with Crippen molar-refractivity contribution < 1.29 is 4.74 Å². The van der Waals surface area contributed by atoms with Crippen molar-refractivity contribution in [2.75, 3.05) is 7.11 Å². The largest absolute Gasteiger partial charge is 0.496 e. The molecule has 1 unspecified atom stereocenters. The first-order chi connectivity index (χ1) is 10.0. The van der Waals surface area contributed by atoms with Crippen LogP contribution in [0.2, 0.25) is 0 Å². The Morgan fingerprint density at radius 2 is 1.90 bits per heavy atom. The highest BCUT2D eigenvalue weighted by atomic mass is 32.2. The van der Waals surface area contributed by atoms with Gasteiger partial charge < -0.3 is 10.5 Å². The lowest BCUT2D eigenvalue weighted by Crippen LogP contribution is -2.05. The monoisotopic (exact) mass is 301 g/mol. The molecule has 0 aromatic heterocycles. The molecule has 2 rings (SSSR count). The lowest BCUT2D eigenvalue weighted by atomic mass is 10.1. The van der Waals surface area contributed by atoms with E-state index in [-0.39, 0.29) is 6.04 Å². The van der Waals surface area contributed by atoms with Crippen LogP contribution in [0.4, 0.5) is 0 Å². The van der Waals surface area contributed by atoms with Crippen molar-refractivity contribution in [2.45, 2.75) is 37.5 Å². The van der Waals surface area contributed by atoms with Crippen LogP contribution in [0.25, 0.3) is 0 Å². The average Bonchev–Trinajstić information content (AvgIpc) is 2.47. The normalized spacial score (nSPS) is 12.2. The number of thioether (sulfide) groups is 1. The van der Waals surface area contributed by atoms with Gasteiger partial charge in [0.15, 0.2) is 0 Å². The molecule has 21 heavy (non-hydrogen) atoms. The standard InChI is InChI=1S/C18H23NOS/c1-12-5-6-13(2)18(9-12)21-11-16-10-15(14(3)19)7-8-17(16)20-4/h5-10,14H,11,19H2,1-4H3. The maximum atomic E-state index is 5.98. The van der Waals surface area contributed by atoms with Crippen molar-refractivity contribution in [3.8, 4) is 5.75 Å². The third-order valence-electron chi connectivity index (χ3n) is 3.56. The maximum absolute atomic E-state index is 5.98. The van der Waals surface area contributed by atoms with Crippen LogP contribution in [0.15, 0.2) is 41.3 Å². The van der Waals surface area contributed by atoms with Gasteiger partial charge in [-0.3, -0.25) is 0 Å². The van der Waals surface area contributed by atoms with Crippen LogP contribution in [0.3, 0.4) is 0 Å². The van der Waals surface area contributed by atoms with E-state index in [9.17, 15) is 0 Å². The summed E-state index contributed by atoms with van der Waals surface area (Å²) in [6.07, 6.45) is 0. The van der Waals surface area contributed by atoms with Crippen LogP contribution < -0.4 is 10.5 Å². The van der Waals surface area contributed by atoms with Gasteiger partial charge in [0.25, 0.3) is 0 Å². The molecule has 0 aliphatic carbocycles. The van der Waals surface area contributed by atoms with E-state index in [0.717, 1.165) is 17.1 Å². The fourth-order valence-corrected chi connectivity index (χ4v) is 3.31. The second-order valence-electron chi connectivity index (χ2n) is 5.42. The summed E-state index contributed by atoms with van der Waals surface area (Å²) in [6, 6.07) is 12.8. The molecule has 0 spiro atoms. The highest BCUT2D eigenvalue weighted by Crippen LogP contribution is 2.31. The number of aryl methyl sites for hydroxylation is 2. The van der Waals surface area contributed by atoms with E-state index in [1.165, 1.54) is 21.6 Å². The topological polar surface area (TPSA) is 35.2 Å². The number of methoxy groups -OCH3 is 1. The van der Waals surface area contributed by atoms with Crippen molar-refractivity contribution in [2.24, 2.45) is 5.73 Å². The third-order valence-corrected chi connectivity index (χ3v) is 4.76. The summed E-state index contributed by atoms with van der Waals surface area (Å²) in [5, 5.41) is 0. The molecule has 3 heteroatoms. The number of hydrogen-bond donors (Lipinski definition) is 1. The van der Waals surface area contributed by atoms with Crippen molar-refractivity contribution in [3.63, 3.8) is 0 Å². The summed E-state index contributed by atoms with van der Waals surface area (Å²) in [7, 11) is 1.72. The van der Waals surface area contributed by atoms with Gasteiger partial charge in [-0.15, -0.1) is 11.8 Å². The highest BCUT2D eigenvalue weighted by Gasteiger charge is 2.09. The zero-order valence-corrected chi connectivity index (χ0v) is 14.0. The van der Waals surface area contributed by atoms with Crippen LogP contribution >= 0.6 is 11.8 Å². The SMILES string of the molecule is COc1ccc(C(C)N)cc1CSc1cc(C)ccc1C. The zero-order chi connectivity index (χ0) is 15.4. The molecule has 0 aliphatic rings. The third kappa shape index (κ3) is 4.02. The van der Waals surface area contributed by atoms with Gasteiger partial charge in [-0.1, -0.05) is 23.8 Å². The molecule has 0 heterocycles. The van der Waals surface area contributed by atoms with Crippen molar-refractivity contribution in [1.82, 2.24) is 0 Å². The quantitative estimate of drug-likeness (QED) is 0.818. The number of ether oxygens (including phenoxy) is 1. The van der Waals surface area contributed by atoms with Gasteiger partial charge in [-0.2, -0.15) is 0 Å². The summed E-state index contributed by atoms with van der Waals surface area (Å²) in [4.78, 5) is 1.32. The van der Waals surface area contributed by atoms with E-state index in [1.54, 1.807) is 7.11 Å². The predicted octanol–water partition coefficient (Wildman–Crippen LogP) is 4.62. The summed E-state index contributed by atoms with van der Waals surface area (Å²) >= 11 is 1.84. The van der Waals surface area contributed by atoms with E-state index in [2.05, 4.69) is 38.1 Å². The number of benzene rings is 2. The average molecular weight is 301 g/mol. The molecule has 2 N–H and O–H groups in total. The summed E-state index contributed by atoms with van der Waals surface area (Å²) < 4.78 is 5.47. The smallest absolute Gasteiger partial charge is 0.122 e. The Hall–Kier alpha value is -1.45. The van der Waals surface area contributed by atoms with E-state index < -0.39 is 0 Å².